The number of likely N-dealkylation sites (N-methyl/N-ethyl adjacent to an activating group) is 1. The highest BCUT2D eigenvalue weighted by Crippen LogP contribution is 2.09. The number of nitrogens with zero attached hydrogens (tertiary/aromatic N) is 1. The van der Waals surface area contributed by atoms with Gasteiger partial charge in [0.25, 0.3) is 0 Å². The average molecular weight is 306 g/mol. The molecule has 0 spiro atoms. The molecule has 4 heteroatoms. The molecule has 0 bridgehead atoms. The van der Waals surface area contributed by atoms with Crippen LogP contribution in [0.2, 0.25) is 0 Å². The Kier molecular flexibility index (Phi) is 7.39. The van der Waals surface area contributed by atoms with Crippen molar-refractivity contribution in [3.05, 3.63) is 35.9 Å². The Morgan fingerprint density at radius 3 is 2.45 bits per heavy atom. The highest BCUT2D eigenvalue weighted by molar-refractivity contribution is 5.68. The lowest BCUT2D eigenvalue weighted by atomic mass is 10.1. The Hall–Kier alpha value is -1.55. The number of carbonyl (C=O) groups excluding carboxylic acids is 1. The second-order valence-electron chi connectivity index (χ2n) is 6.60. The van der Waals surface area contributed by atoms with Crippen LogP contribution in [0.25, 0.3) is 0 Å². The van der Waals surface area contributed by atoms with E-state index >= 15 is 0 Å². The number of amides is 1. The molecule has 0 radical (unpaired) electrons. The molecule has 0 aliphatic heterocycles. The number of benzene rings is 1. The molecule has 1 rings (SSSR count). The predicted molar refractivity (Wildman–Crippen MR) is 91.1 cm³/mol. The lowest BCUT2D eigenvalue weighted by Crippen LogP contribution is -2.42. The molecule has 0 aliphatic rings. The number of nitrogens with one attached hydrogen (secondary N) is 1. The van der Waals surface area contributed by atoms with Crippen LogP contribution in [-0.2, 0) is 11.2 Å². The molecule has 0 aliphatic carbocycles. The van der Waals surface area contributed by atoms with E-state index < -0.39 is 5.60 Å². The van der Waals surface area contributed by atoms with E-state index in [2.05, 4.69) is 36.5 Å². The molecule has 4 nitrogen and oxygen atoms in total. The smallest absolute Gasteiger partial charge is 0.410 e. The Labute approximate surface area is 134 Å². The first-order valence-corrected chi connectivity index (χ1v) is 8.07. The van der Waals surface area contributed by atoms with E-state index in [0.29, 0.717) is 19.1 Å². The lowest BCUT2D eigenvalue weighted by molar-refractivity contribution is 0.0261. The molecule has 22 heavy (non-hydrogen) atoms. The maximum Gasteiger partial charge on any atom is 0.410 e. The van der Waals surface area contributed by atoms with Gasteiger partial charge in [-0.05, 0) is 46.6 Å². The predicted octanol–water partition coefficient (Wildman–Crippen LogP) is 3.46. The van der Waals surface area contributed by atoms with Gasteiger partial charge in [0.15, 0.2) is 0 Å². The van der Waals surface area contributed by atoms with Gasteiger partial charge in [-0.3, -0.25) is 0 Å². The third-order valence-electron chi connectivity index (χ3n) is 3.29. The third kappa shape index (κ3) is 7.46. The monoisotopic (exact) mass is 306 g/mol. The summed E-state index contributed by atoms with van der Waals surface area (Å²) in [6.45, 7) is 11.9. The van der Waals surface area contributed by atoms with Gasteiger partial charge < -0.3 is 15.0 Å². The Bertz CT molecular complexity index is 440. The molecule has 1 N–H and O–H groups in total. The van der Waals surface area contributed by atoms with E-state index in [9.17, 15) is 4.79 Å². The summed E-state index contributed by atoms with van der Waals surface area (Å²) in [5, 5.41) is 3.46. The number of hydrogen-bond donors (Lipinski definition) is 1. The Morgan fingerprint density at radius 1 is 1.27 bits per heavy atom. The summed E-state index contributed by atoms with van der Waals surface area (Å²) in [7, 11) is 0. The van der Waals surface area contributed by atoms with Crippen molar-refractivity contribution in [1.82, 2.24) is 10.2 Å². The van der Waals surface area contributed by atoms with Gasteiger partial charge in [-0.15, -0.1) is 0 Å². The molecule has 1 amide bonds. The van der Waals surface area contributed by atoms with E-state index in [1.165, 1.54) is 5.56 Å². The van der Waals surface area contributed by atoms with E-state index in [1.54, 1.807) is 4.90 Å². The van der Waals surface area contributed by atoms with E-state index in [-0.39, 0.29) is 6.09 Å². The number of hydrogen-bond acceptors (Lipinski definition) is 3. The van der Waals surface area contributed by atoms with Gasteiger partial charge in [-0.25, -0.2) is 4.79 Å². The quantitative estimate of drug-likeness (QED) is 0.838. The van der Waals surface area contributed by atoms with Crippen LogP contribution in [-0.4, -0.2) is 42.3 Å². The van der Waals surface area contributed by atoms with Crippen molar-refractivity contribution < 1.29 is 9.53 Å². The molecule has 0 saturated heterocycles. The molecule has 0 heterocycles. The fraction of sp³-hybridized carbons (Fsp3) is 0.611. The maximum atomic E-state index is 12.0. The average Bonchev–Trinajstić information content (AvgIpc) is 2.42. The van der Waals surface area contributed by atoms with Crippen molar-refractivity contribution in [2.24, 2.45) is 0 Å². The second kappa shape index (κ2) is 8.79. The van der Waals surface area contributed by atoms with Crippen molar-refractivity contribution in [3.63, 3.8) is 0 Å². The zero-order chi connectivity index (χ0) is 16.6. The van der Waals surface area contributed by atoms with Crippen LogP contribution in [0.15, 0.2) is 30.3 Å². The van der Waals surface area contributed by atoms with Crippen LogP contribution in [0.5, 0.6) is 0 Å². The molecule has 1 aromatic rings. The van der Waals surface area contributed by atoms with Crippen LogP contribution >= 0.6 is 0 Å². The lowest BCUT2D eigenvalue weighted by Gasteiger charge is -2.27. The first-order chi connectivity index (χ1) is 10.3. The van der Waals surface area contributed by atoms with Gasteiger partial charge in [0.1, 0.15) is 5.60 Å². The first-order valence-electron chi connectivity index (χ1n) is 8.07. The second-order valence-corrected chi connectivity index (χ2v) is 6.60. The van der Waals surface area contributed by atoms with Gasteiger partial charge in [0.05, 0.1) is 0 Å². The number of rotatable bonds is 7. The van der Waals surface area contributed by atoms with Crippen LogP contribution in [0.1, 0.15) is 40.2 Å². The summed E-state index contributed by atoms with van der Waals surface area (Å²) in [5.74, 6) is 0. The molecule has 0 fully saturated rings. The van der Waals surface area contributed by atoms with Crippen LogP contribution in [0.3, 0.4) is 0 Å². The van der Waals surface area contributed by atoms with Gasteiger partial charge in [-0.1, -0.05) is 30.3 Å². The van der Waals surface area contributed by atoms with Crippen molar-refractivity contribution >= 4 is 6.09 Å². The Balaban J connectivity index is 2.33. The minimum Gasteiger partial charge on any atom is -0.444 e. The Morgan fingerprint density at radius 2 is 1.91 bits per heavy atom. The summed E-state index contributed by atoms with van der Waals surface area (Å²) < 4.78 is 5.40. The van der Waals surface area contributed by atoms with Crippen molar-refractivity contribution in [2.45, 2.75) is 52.7 Å². The van der Waals surface area contributed by atoms with Crippen molar-refractivity contribution in [1.29, 1.82) is 0 Å². The third-order valence-corrected chi connectivity index (χ3v) is 3.29. The summed E-state index contributed by atoms with van der Waals surface area (Å²) in [5.41, 5.74) is 0.875. The minimum atomic E-state index is -0.446. The zero-order valence-electron chi connectivity index (χ0n) is 14.6. The van der Waals surface area contributed by atoms with Crippen LogP contribution in [0, 0.1) is 0 Å². The van der Waals surface area contributed by atoms with Gasteiger partial charge in [0, 0.05) is 25.7 Å². The first kappa shape index (κ1) is 18.5. The topological polar surface area (TPSA) is 41.6 Å². The van der Waals surface area contributed by atoms with E-state index in [1.807, 2.05) is 33.8 Å². The van der Waals surface area contributed by atoms with Crippen molar-refractivity contribution in [2.75, 3.05) is 19.6 Å². The maximum absolute atomic E-state index is 12.0. The van der Waals surface area contributed by atoms with Gasteiger partial charge in [-0.2, -0.15) is 0 Å². The number of ether oxygens (including phenoxy) is 1. The largest absolute Gasteiger partial charge is 0.444 e. The summed E-state index contributed by atoms with van der Waals surface area (Å²) in [6, 6.07) is 10.8. The summed E-state index contributed by atoms with van der Waals surface area (Å²) in [4.78, 5) is 13.8. The normalized spacial score (nSPS) is 12.8. The zero-order valence-corrected chi connectivity index (χ0v) is 14.6. The fourth-order valence-corrected chi connectivity index (χ4v) is 2.19. The molecule has 0 aromatic heterocycles. The molecule has 1 atom stereocenters. The van der Waals surface area contributed by atoms with E-state index in [0.717, 1.165) is 13.0 Å². The fourth-order valence-electron chi connectivity index (χ4n) is 2.19. The molecular weight excluding hydrogens is 276 g/mol. The molecule has 0 saturated carbocycles. The van der Waals surface area contributed by atoms with Crippen LogP contribution < -0.4 is 5.32 Å². The summed E-state index contributed by atoms with van der Waals surface area (Å²) >= 11 is 0. The highest BCUT2D eigenvalue weighted by Gasteiger charge is 2.20. The molecule has 1 aromatic carbocycles. The SMILES string of the molecule is CCN(CCNC(C)Cc1ccccc1)C(=O)OC(C)(C)C. The summed E-state index contributed by atoms with van der Waals surface area (Å²) in [6.07, 6.45) is 0.742. The molecule has 124 valence electrons. The van der Waals surface area contributed by atoms with Gasteiger partial charge >= 0.3 is 6.09 Å². The van der Waals surface area contributed by atoms with E-state index in [4.69, 9.17) is 4.74 Å². The van der Waals surface area contributed by atoms with Crippen molar-refractivity contribution in [3.8, 4) is 0 Å². The van der Waals surface area contributed by atoms with Crippen LogP contribution in [0.4, 0.5) is 4.79 Å². The highest BCUT2D eigenvalue weighted by atomic mass is 16.6. The standard InChI is InChI=1S/C18H30N2O2/c1-6-20(17(21)22-18(3,4)5)13-12-19-15(2)14-16-10-8-7-9-11-16/h7-11,15,19H,6,12-14H2,1-5H3. The minimum absolute atomic E-state index is 0.243. The molecular formula is C18H30N2O2. The molecule has 1 unspecified atom stereocenters. The number of carbonyl (C=O) groups is 1. The van der Waals surface area contributed by atoms with Gasteiger partial charge in [0.2, 0.25) is 0 Å².